The minimum atomic E-state index is -0.297. The molecule has 1 fully saturated rings. The van der Waals surface area contributed by atoms with Crippen molar-refractivity contribution in [2.45, 2.75) is 0 Å². The van der Waals surface area contributed by atoms with Gasteiger partial charge in [-0.3, -0.25) is 14.9 Å². The second-order valence-corrected chi connectivity index (χ2v) is 5.31. The van der Waals surface area contributed by atoms with E-state index in [1.54, 1.807) is 4.90 Å². The molecule has 1 heterocycles. The van der Waals surface area contributed by atoms with Crippen LogP contribution < -0.4 is 16.0 Å². The lowest BCUT2D eigenvalue weighted by molar-refractivity contribution is -0.130. The summed E-state index contributed by atoms with van der Waals surface area (Å²) in [6.45, 7) is 0.310. The van der Waals surface area contributed by atoms with E-state index in [4.69, 9.17) is 18.0 Å². The molecule has 0 spiro atoms. The molecule has 106 valence electrons. The van der Waals surface area contributed by atoms with Crippen LogP contribution in [0.2, 0.25) is 0 Å². The Morgan fingerprint density at radius 1 is 1.05 bits per heavy atom. The molecule has 0 saturated carbocycles. The van der Waals surface area contributed by atoms with Crippen LogP contribution >= 0.6 is 12.2 Å². The summed E-state index contributed by atoms with van der Waals surface area (Å²) in [5, 5.41) is 4.14. The van der Waals surface area contributed by atoms with E-state index in [-0.39, 0.29) is 24.9 Å². The highest BCUT2D eigenvalue weighted by Gasteiger charge is 2.24. The second-order valence-electron chi connectivity index (χ2n) is 4.87. The van der Waals surface area contributed by atoms with E-state index < -0.39 is 0 Å². The normalized spacial score (nSPS) is 15.1. The van der Waals surface area contributed by atoms with Crippen LogP contribution in [0.5, 0.6) is 0 Å². The number of carbonyl (C=O) groups is 2. The minimum Gasteiger partial charge on any atom is -0.389 e. The highest BCUT2D eigenvalue weighted by Crippen LogP contribution is 2.30. The topological polar surface area (TPSA) is 75.4 Å². The molecule has 1 aliphatic rings. The van der Waals surface area contributed by atoms with Gasteiger partial charge in [0.05, 0.1) is 13.1 Å². The van der Waals surface area contributed by atoms with Crippen LogP contribution in [-0.4, -0.2) is 29.9 Å². The van der Waals surface area contributed by atoms with Gasteiger partial charge in [-0.1, -0.05) is 36.5 Å². The first-order valence-corrected chi connectivity index (χ1v) is 6.86. The molecule has 0 aliphatic carbocycles. The molecule has 2 aromatic carbocycles. The van der Waals surface area contributed by atoms with Crippen molar-refractivity contribution in [3.8, 4) is 0 Å². The van der Waals surface area contributed by atoms with E-state index in [2.05, 4.69) is 5.32 Å². The molecular weight excluding hydrogens is 286 g/mol. The molecule has 3 rings (SSSR count). The number of carbonyl (C=O) groups excluding carboxylic acids is 2. The van der Waals surface area contributed by atoms with Crippen molar-refractivity contribution >= 4 is 45.5 Å². The van der Waals surface area contributed by atoms with E-state index in [0.717, 1.165) is 22.0 Å². The number of benzene rings is 2. The number of piperazine rings is 1. The Balaban J connectivity index is 2.16. The van der Waals surface area contributed by atoms with Gasteiger partial charge in [-0.25, -0.2) is 0 Å². The quantitative estimate of drug-likeness (QED) is 0.637. The fourth-order valence-electron chi connectivity index (χ4n) is 2.58. The smallest absolute Gasteiger partial charge is 0.246 e. The highest BCUT2D eigenvalue weighted by molar-refractivity contribution is 7.80. The van der Waals surface area contributed by atoms with Gasteiger partial charge < -0.3 is 10.6 Å². The van der Waals surface area contributed by atoms with Gasteiger partial charge in [0.2, 0.25) is 11.8 Å². The van der Waals surface area contributed by atoms with E-state index in [1.807, 2.05) is 36.4 Å². The Hall–Kier alpha value is -2.47. The standard InChI is InChI=1S/C15H13N3O2S/c16-15(21)11-5-6-12(10-4-2-1-3-9(10)11)18-7-13(19)17-14(20)8-18/h1-6H,7-8H2,(H2,16,21)(H,17,19,20). The van der Waals surface area contributed by atoms with Gasteiger partial charge in [-0.2, -0.15) is 0 Å². The Bertz CT molecular complexity index is 757. The Labute approximate surface area is 126 Å². The molecule has 5 nitrogen and oxygen atoms in total. The van der Waals surface area contributed by atoms with Gasteiger partial charge in [0.15, 0.2) is 0 Å². The summed E-state index contributed by atoms with van der Waals surface area (Å²) in [5.74, 6) is -0.595. The van der Waals surface area contributed by atoms with Crippen LogP contribution in [0.25, 0.3) is 10.8 Å². The summed E-state index contributed by atoms with van der Waals surface area (Å²) in [7, 11) is 0. The average molecular weight is 299 g/mol. The average Bonchev–Trinajstić information content (AvgIpc) is 2.44. The molecule has 3 N–H and O–H groups in total. The maximum Gasteiger partial charge on any atom is 0.246 e. The lowest BCUT2D eigenvalue weighted by Gasteiger charge is -2.28. The number of nitrogens with two attached hydrogens (primary N) is 1. The molecule has 0 aromatic heterocycles. The number of nitrogens with one attached hydrogen (secondary N) is 1. The molecule has 2 amide bonds. The molecule has 1 aliphatic heterocycles. The number of hydrogen-bond donors (Lipinski definition) is 2. The fourth-order valence-corrected chi connectivity index (χ4v) is 2.76. The third-order valence-electron chi connectivity index (χ3n) is 3.45. The maximum atomic E-state index is 11.6. The lowest BCUT2D eigenvalue weighted by Crippen LogP contribution is -2.51. The molecule has 0 bridgehead atoms. The van der Waals surface area contributed by atoms with Gasteiger partial charge in [-0.05, 0) is 17.5 Å². The zero-order chi connectivity index (χ0) is 15.0. The summed E-state index contributed by atoms with van der Waals surface area (Å²) in [6.07, 6.45) is 0. The second kappa shape index (κ2) is 5.14. The molecule has 0 atom stereocenters. The maximum absolute atomic E-state index is 11.6. The van der Waals surface area contributed by atoms with Crippen molar-refractivity contribution in [2.75, 3.05) is 18.0 Å². The number of fused-ring (bicyclic) bond motifs is 1. The van der Waals surface area contributed by atoms with Crippen molar-refractivity contribution in [2.24, 2.45) is 5.73 Å². The minimum absolute atomic E-state index is 0.155. The molecule has 2 aromatic rings. The molecule has 21 heavy (non-hydrogen) atoms. The zero-order valence-electron chi connectivity index (χ0n) is 11.1. The van der Waals surface area contributed by atoms with Crippen molar-refractivity contribution in [3.63, 3.8) is 0 Å². The summed E-state index contributed by atoms with van der Waals surface area (Å²) in [5.41, 5.74) is 7.37. The van der Waals surface area contributed by atoms with Crippen molar-refractivity contribution in [1.29, 1.82) is 0 Å². The number of hydrogen-bond acceptors (Lipinski definition) is 4. The summed E-state index contributed by atoms with van der Waals surface area (Å²) >= 11 is 5.07. The lowest BCUT2D eigenvalue weighted by atomic mass is 10.0. The van der Waals surface area contributed by atoms with Crippen LogP contribution in [0.4, 0.5) is 5.69 Å². The number of rotatable bonds is 2. The van der Waals surface area contributed by atoms with Crippen LogP contribution in [-0.2, 0) is 9.59 Å². The van der Waals surface area contributed by atoms with Gasteiger partial charge in [0.1, 0.15) is 4.99 Å². The Morgan fingerprint density at radius 2 is 1.67 bits per heavy atom. The largest absolute Gasteiger partial charge is 0.389 e. The monoisotopic (exact) mass is 299 g/mol. The van der Waals surface area contributed by atoms with Gasteiger partial charge in [0, 0.05) is 16.6 Å². The van der Waals surface area contributed by atoms with Crippen molar-refractivity contribution in [1.82, 2.24) is 5.32 Å². The summed E-state index contributed by atoms with van der Waals surface area (Å²) < 4.78 is 0. The van der Waals surface area contributed by atoms with Gasteiger partial charge in [0.25, 0.3) is 0 Å². The summed E-state index contributed by atoms with van der Waals surface area (Å²) in [4.78, 5) is 25.2. The van der Waals surface area contributed by atoms with Crippen LogP contribution in [0.15, 0.2) is 36.4 Å². The number of amides is 2. The fraction of sp³-hybridized carbons (Fsp3) is 0.133. The van der Waals surface area contributed by atoms with Crippen molar-refractivity contribution < 1.29 is 9.59 Å². The number of thiocarbonyl (C=S) groups is 1. The first-order valence-electron chi connectivity index (χ1n) is 6.45. The molecule has 0 radical (unpaired) electrons. The molecule has 6 heteroatoms. The highest BCUT2D eigenvalue weighted by atomic mass is 32.1. The zero-order valence-corrected chi connectivity index (χ0v) is 11.9. The molecule has 0 unspecified atom stereocenters. The molecule has 1 saturated heterocycles. The number of imide groups is 1. The number of nitrogens with zero attached hydrogens (tertiary/aromatic N) is 1. The van der Waals surface area contributed by atoms with E-state index in [1.165, 1.54) is 0 Å². The van der Waals surface area contributed by atoms with E-state index in [0.29, 0.717) is 4.99 Å². The van der Waals surface area contributed by atoms with Gasteiger partial charge >= 0.3 is 0 Å². The first-order chi connectivity index (χ1) is 10.1. The van der Waals surface area contributed by atoms with Crippen LogP contribution in [0.3, 0.4) is 0 Å². The van der Waals surface area contributed by atoms with Gasteiger partial charge in [-0.15, -0.1) is 0 Å². The third kappa shape index (κ3) is 2.45. The first kappa shape index (κ1) is 13.5. The summed E-state index contributed by atoms with van der Waals surface area (Å²) in [6, 6.07) is 11.4. The van der Waals surface area contributed by atoms with Crippen molar-refractivity contribution in [3.05, 3.63) is 42.0 Å². The van der Waals surface area contributed by atoms with E-state index >= 15 is 0 Å². The third-order valence-corrected chi connectivity index (χ3v) is 3.67. The number of anilines is 1. The van der Waals surface area contributed by atoms with Crippen LogP contribution in [0, 0.1) is 0 Å². The predicted molar refractivity (Wildman–Crippen MR) is 85.2 cm³/mol. The molecular formula is C15H13N3O2S. The van der Waals surface area contributed by atoms with E-state index in [9.17, 15) is 9.59 Å². The predicted octanol–water partition coefficient (Wildman–Crippen LogP) is 0.937. The van der Waals surface area contributed by atoms with Crippen LogP contribution in [0.1, 0.15) is 5.56 Å². The SMILES string of the molecule is NC(=S)c1ccc(N2CC(=O)NC(=O)C2)c2ccccc12. The Kier molecular flexibility index (Phi) is 3.31. The Morgan fingerprint density at radius 3 is 2.29 bits per heavy atom.